The molecule has 0 saturated carbocycles. The van der Waals surface area contributed by atoms with Crippen molar-refractivity contribution in [3.8, 4) is 0 Å². The number of rotatable bonds is 8. The first-order chi connectivity index (χ1) is 11.4. The predicted octanol–water partition coefficient (Wildman–Crippen LogP) is 3.27. The summed E-state index contributed by atoms with van der Waals surface area (Å²) in [7, 11) is 0. The molecule has 0 heterocycles. The Labute approximate surface area is 152 Å². The minimum Gasteiger partial charge on any atom is -0.444 e. The number of unbranched alkanes of at least 4 members (excludes halogenated alkanes) is 1. The van der Waals surface area contributed by atoms with Crippen molar-refractivity contribution in [2.75, 3.05) is 19.6 Å². The van der Waals surface area contributed by atoms with E-state index in [4.69, 9.17) is 15.2 Å². The van der Waals surface area contributed by atoms with Gasteiger partial charge in [-0.3, -0.25) is 0 Å². The minimum atomic E-state index is -0.544. The van der Waals surface area contributed by atoms with Gasteiger partial charge in [-0.05, 0) is 74.3 Å². The largest absolute Gasteiger partial charge is 0.444 e. The quantitative estimate of drug-likeness (QED) is 0.649. The van der Waals surface area contributed by atoms with E-state index in [0.717, 1.165) is 12.8 Å². The van der Waals surface area contributed by atoms with Crippen LogP contribution in [0.15, 0.2) is 0 Å². The number of alkyl carbamates (subject to hydrolysis) is 1. The van der Waals surface area contributed by atoms with E-state index in [1.165, 1.54) is 0 Å². The van der Waals surface area contributed by atoms with Crippen LogP contribution in [0.25, 0.3) is 0 Å². The van der Waals surface area contributed by atoms with Gasteiger partial charge in [0.2, 0.25) is 0 Å². The van der Waals surface area contributed by atoms with Gasteiger partial charge in [-0.25, -0.2) is 9.59 Å². The molecule has 0 aromatic rings. The number of hydrogen-bond donors (Lipinski definition) is 2. The number of hydrogen-bond acceptors (Lipinski definition) is 5. The molecular formula is C18H37N3O4. The van der Waals surface area contributed by atoms with Gasteiger partial charge in [-0.2, -0.15) is 0 Å². The standard InChI is InChI=1S/C18H37N3O4/c1-14(10-12-20-15(22)24-17(2,3)4)21(13-9-8-11-19)16(23)25-18(5,6)7/h14H,8-13,19H2,1-7H3,(H,20,22). The summed E-state index contributed by atoms with van der Waals surface area (Å²) in [6.45, 7) is 14.5. The van der Waals surface area contributed by atoms with Crippen LogP contribution in [0, 0.1) is 0 Å². The van der Waals surface area contributed by atoms with Crippen molar-refractivity contribution < 1.29 is 19.1 Å². The molecule has 2 amide bonds. The lowest BCUT2D eigenvalue weighted by Crippen LogP contribution is -2.44. The van der Waals surface area contributed by atoms with Gasteiger partial charge in [-0.15, -0.1) is 0 Å². The molecule has 0 radical (unpaired) electrons. The van der Waals surface area contributed by atoms with E-state index in [1.807, 2.05) is 48.5 Å². The lowest BCUT2D eigenvalue weighted by Gasteiger charge is -2.32. The van der Waals surface area contributed by atoms with Gasteiger partial charge in [0.15, 0.2) is 0 Å². The molecule has 7 nitrogen and oxygen atoms in total. The van der Waals surface area contributed by atoms with Crippen LogP contribution in [0.1, 0.15) is 67.7 Å². The van der Waals surface area contributed by atoms with Crippen LogP contribution in [0.3, 0.4) is 0 Å². The fourth-order valence-corrected chi connectivity index (χ4v) is 2.09. The number of carbonyl (C=O) groups is 2. The molecule has 0 rings (SSSR count). The summed E-state index contributed by atoms with van der Waals surface area (Å²) < 4.78 is 10.7. The Hall–Kier alpha value is -1.50. The van der Waals surface area contributed by atoms with Gasteiger partial charge in [0, 0.05) is 19.1 Å². The van der Waals surface area contributed by atoms with Crippen LogP contribution in [0.5, 0.6) is 0 Å². The Balaban J connectivity index is 4.57. The van der Waals surface area contributed by atoms with E-state index in [2.05, 4.69) is 5.32 Å². The summed E-state index contributed by atoms with van der Waals surface area (Å²) in [5.74, 6) is 0. The maximum absolute atomic E-state index is 12.4. The number of nitrogens with two attached hydrogens (primary N) is 1. The lowest BCUT2D eigenvalue weighted by molar-refractivity contribution is 0.0165. The van der Waals surface area contributed by atoms with Gasteiger partial charge in [0.05, 0.1) is 0 Å². The van der Waals surface area contributed by atoms with Gasteiger partial charge < -0.3 is 25.4 Å². The average Bonchev–Trinajstić information content (AvgIpc) is 2.39. The molecule has 0 aliphatic heterocycles. The zero-order valence-corrected chi connectivity index (χ0v) is 17.0. The third kappa shape index (κ3) is 12.5. The molecule has 1 atom stereocenters. The minimum absolute atomic E-state index is 0.0671. The van der Waals surface area contributed by atoms with E-state index in [9.17, 15) is 9.59 Å². The molecule has 0 bridgehead atoms. The van der Waals surface area contributed by atoms with E-state index < -0.39 is 17.3 Å². The summed E-state index contributed by atoms with van der Waals surface area (Å²) >= 11 is 0. The molecule has 0 spiro atoms. The molecule has 7 heteroatoms. The smallest absolute Gasteiger partial charge is 0.410 e. The number of nitrogens with one attached hydrogen (secondary N) is 1. The molecule has 148 valence electrons. The van der Waals surface area contributed by atoms with Crippen molar-refractivity contribution in [1.29, 1.82) is 0 Å². The van der Waals surface area contributed by atoms with Crippen molar-refractivity contribution in [1.82, 2.24) is 10.2 Å². The predicted molar refractivity (Wildman–Crippen MR) is 99.5 cm³/mol. The molecule has 0 aliphatic carbocycles. The van der Waals surface area contributed by atoms with Crippen molar-refractivity contribution in [2.45, 2.75) is 85.0 Å². The summed E-state index contributed by atoms with van der Waals surface area (Å²) in [5, 5.41) is 2.72. The highest BCUT2D eigenvalue weighted by Gasteiger charge is 2.25. The topological polar surface area (TPSA) is 93.9 Å². The maximum Gasteiger partial charge on any atom is 0.410 e. The molecule has 0 saturated heterocycles. The zero-order valence-electron chi connectivity index (χ0n) is 17.0. The van der Waals surface area contributed by atoms with Crippen LogP contribution in [-0.4, -0.2) is 54.0 Å². The van der Waals surface area contributed by atoms with Crippen molar-refractivity contribution in [2.24, 2.45) is 5.73 Å². The van der Waals surface area contributed by atoms with Crippen molar-refractivity contribution >= 4 is 12.2 Å². The number of ether oxygens (including phenoxy) is 2. The highest BCUT2D eigenvalue weighted by molar-refractivity contribution is 5.69. The third-order valence-electron chi connectivity index (χ3n) is 3.24. The summed E-state index contributed by atoms with van der Waals surface area (Å²) in [6.07, 6.45) is 1.49. The van der Waals surface area contributed by atoms with E-state index in [1.54, 1.807) is 4.90 Å². The molecule has 0 aromatic carbocycles. The summed E-state index contributed by atoms with van der Waals surface area (Å²) in [6, 6.07) is -0.0671. The van der Waals surface area contributed by atoms with Crippen molar-refractivity contribution in [3.05, 3.63) is 0 Å². The van der Waals surface area contributed by atoms with E-state index >= 15 is 0 Å². The second-order valence-corrected chi connectivity index (χ2v) is 8.24. The van der Waals surface area contributed by atoms with Crippen LogP contribution < -0.4 is 11.1 Å². The van der Waals surface area contributed by atoms with Crippen LogP contribution >= 0.6 is 0 Å². The molecule has 0 aliphatic rings. The first-order valence-electron chi connectivity index (χ1n) is 9.02. The summed E-state index contributed by atoms with van der Waals surface area (Å²) in [5.41, 5.74) is 4.47. The normalized spacial score (nSPS) is 13.1. The number of carbonyl (C=O) groups excluding carboxylic acids is 2. The zero-order chi connectivity index (χ0) is 19.7. The first kappa shape index (κ1) is 23.5. The Kier molecular flexibility index (Phi) is 9.85. The molecule has 0 aromatic heterocycles. The second kappa shape index (κ2) is 10.5. The molecule has 1 unspecified atom stereocenters. The highest BCUT2D eigenvalue weighted by Crippen LogP contribution is 2.14. The first-order valence-corrected chi connectivity index (χ1v) is 9.02. The van der Waals surface area contributed by atoms with Crippen LogP contribution in [-0.2, 0) is 9.47 Å². The van der Waals surface area contributed by atoms with Gasteiger partial charge in [0.25, 0.3) is 0 Å². The Morgan fingerprint density at radius 3 is 2.08 bits per heavy atom. The third-order valence-corrected chi connectivity index (χ3v) is 3.24. The molecular weight excluding hydrogens is 322 g/mol. The van der Waals surface area contributed by atoms with Gasteiger partial charge in [-0.1, -0.05) is 0 Å². The highest BCUT2D eigenvalue weighted by atomic mass is 16.6. The molecule has 0 fully saturated rings. The van der Waals surface area contributed by atoms with Crippen LogP contribution in [0.4, 0.5) is 9.59 Å². The Morgan fingerprint density at radius 2 is 1.60 bits per heavy atom. The average molecular weight is 360 g/mol. The lowest BCUT2D eigenvalue weighted by atomic mass is 10.1. The SMILES string of the molecule is CC(CCNC(=O)OC(C)(C)C)N(CCCCN)C(=O)OC(C)(C)C. The molecule has 25 heavy (non-hydrogen) atoms. The van der Waals surface area contributed by atoms with E-state index in [-0.39, 0.29) is 12.1 Å². The summed E-state index contributed by atoms with van der Waals surface area (Å²) in [4.78, 5) is 25.8. The van der Waals surface area contributed by atoms with E-state index in [0.29, 0.717) is 26.1 Å². The number of nitrogens with zero attached hydrogens (tertiary/aromatic N) is 1. The molecule has 3 N–H and O–H groups in total. The van der Waals surface area contributed by atoms with Crippen molar-refractivity contribution in [3.63, 3.8) is 0 Å². The van der Waals surface area contributed by atoms with Crippen LogP contribution in [0.2, 0.25) is 0 Å². The second-order valence-electron chi connectivity index (χ2n) is 8.24. The fourth-order valence-electron chi connectivity index (χ4n) is 2.09. The van der Waals surface area contributed by atoms with Gasteiger partial charge in [0.1, 0.15) is 11.2 Å². The van der Waals surface area contributed by atoms with Gasteiger partial charge >= 0.3 is 12.2 Å². The number of amides is 2. The Morgan fingerprint density at radius 1 is 1.04 bits per heavy atom. The monoisotopic (exact) mass is 359 g/mol. The Bertz CT molecular complexity index is 414. The maximum atomic E-state index is 12.4. The fraction of sp³-hybridized carbons (Fsp3) is 0.889.